The molecule has 6 heteroatoms. The van der Waals surface area contributed by atoms with Crippen LogP contribution in [0.2, 0.25) is 0 Å². The highest BCUT2D eigenvalue weighted by atomic mass is 16.5. The first-order valence-corrected chi connectivity index (χ1v) is 6.58. The molecule has 2 heterocycles. The number of aromatic nitrogens is 2. The van der Waals surface area contributed by atoms with Gasteiger partial charge >= 0.3 is 5.97 Å². The van der Waals surface area contributed by atoms with Crippen molar-refractivity contribution >= 4 is 11.8 Å². The summed E-state index contributed by atoms with van der Waals surface area (Å²) >= 11 is 0. The van der Waals surface area contributed by atoms with E-state index in [4.69, 9.17) is 0 Å². The molecule has 104 valence electrons. The molecule has 0 amide bonds. The van der Waals surface area contributed by atoms with Gasteiger partial charge in [-0.25, -0.2) is 9.78 Å². The molecule has 1 aromatic heterocycles. The molecule has 1 aromatic rings. The van der Waals surface area contributed by atoms with Crippen molar-refractivity contribution in [2.45, 2.75) is 25.8 Å². The van der Waals surface area contributed by atoms with E-state index in [1.807, 2.05) is 0 Å². The average molecular weight is 264 g/mol. The van der Waals surface area contributed by atoms with Crippen LogP contribution >= 0.6 is 0 Å². The van der Waals surface area contributed by atoms with E-state index in [1.54, 1.807) is 6.20 Å². The molecule has 1 aliphatic rings. The van der Waals surface area contributed by atoms with E-state index in [-0.39, 0.29) is 11.7 Å². The van der Waals surface area contributed by atoms with Gasteiger partial charge in [-0.15, -0.1) is 0 Å². The van der Waals surface area contributed by atoms with Crippen molar-refractivity contribution in [3.63, 3.8) is 0 Å². The molecule has 1 saturated heterocycles. The van der Waals surface area contributed by atoms with E-state index in [1.165, 1.54) is 39.2 Å². The van der Waals surface area contributed by atoms with Crippen LogP contribution in [0.1, 0.15) is 30.3 Å². The standard InChI is InChI=1S/C13H20N4O2/c1-10(9-17-5-3-4-6-17)15-12-8-14-7-11(16-12)13(18)19-2/h7-8,10H,3-6,9H2,1-2H3,(H,15,16). The van der Waals surface area contributed by atoms with Crippen LogP contribution < -0.4 is 5.32 Å². The minimum Gasteiger partial charge on any atom is -0.464 e. The first-order chi connectivity index (χ1) is 9.19. The van der Waals surface area contributed by atoms with Crippen molar-refractivity contribution in [2.75, 3.05) is 32.1 Å². The number of hydrogen-bond acceptors (Lipinski definition) is 6. The smallest absolute Gasteiger partial charge is 0.358 e. The molecule has 19 heavy (non-hydrogen) atoms. The quantitative estimate of drug-likeness (QED) is 0.805. The zero-order valence-corrected chi connectivity index (χ0v) is 11.4. The molecule has 6 nitrogen and oxygen atoms in total. The Bertz CT molecular complexity index is 432. The van der Waals surface area contributed by atoms with Crippen LogP contribution in [-0.2, 0) is 4.74 Å². The van der Waals surface area contributed by atoms with Crippen LogP contribution in [-0.4, -0.2) is 53.6 Å². The van der Waals surface area contributed by atoms with Crippen LogP contribution in [0.4, 0.5) is 5.82 Å². The predicted octanol–water partition coefficient (Wildman–Crippen LogP) is 1.16. The van der Waals surface area contributed by atoms with Gasteiger partial charge in [-0.3, -0.25) is 4.98 Å². The lowest BCUT2D eigenvalue weighted by atomic mass is 10.3. The molecule has 0 aliphatic carbocycles. The summed E-state index contributed by atoms with van der Waals surface area (Å²) < 4.78 is 4.63. The molecule has 0 saturated carbocycles. The topological polar surface area (TPSA) is 67.3 Å². The van der Waals surface area contributed by atoms with E-state index < -0.39 is 5.97 Å². The van der Waals surface area contributed by atoms with Crippen molar-refractivity contribution < 1.29 is 9.53 Å². The number of hydrogen-bond donors (Lipinski definition) is 1. The Balaban J connectivity index is 1.92. The molecule has 0 aromatic carbocycles. The zero-order chi connectivity index (χ0) is 13.7. The normalized spacial score (nSPS) is 17.2. The molecule has 0 radical (unpaired) electrons. The number of methoxy groups -OCH3 is 1. The lowest BCUT2D eigenvalue weighted by Gasteiger charge is -2.21. The monoisotopic (exact) mass is 264 g/mol. The minimum absolute atomic E-state index is 0.223. The SMILES string of the molecule is COC(=O)c1cncc(NC(C)CN2CCCC2)n1. The van der Waals surface area contributed by atoms with Gasteiger partial charge in [-0.1, -0.05) is 0 Å². The van der Waals surface area contributed by atoms with Gasteiger partial charge in [0.15, 0.2) is 5.69 Å². The van der Waals surface area contributed by atoms with E-state index in [9.17, 15) is 4.79 Å². The summed E-state index contributed by atoms with van der Waals surface area (Å²) in [5, 5.41) is 3.27. The maximum absolute atomic E-state index is 11.4. The van der Waals surface area contributed by atoms with E-state index in [0.29, 0.717) is 5.82 Å². The van der Waals surface area contributed by atoms with Gasteiger partial charge < -0.3 is 15.0 Å². The summed E-state index contributed by atoms with van der Waals surface area (Å²) in [7, 11) is 1.33. The number of carbonyl (C=O) groups excluding carboxylic acids is 1. The fourth-order valence-electron chi connectivity index (χ4n) is 2.29. The number of nitrogens with one attached hydrogen (secondary N) is 1. The van der Waals surface area contributed by atoms with Gasteiger partial charge in [-0.2, -0.15) is 0 Å². The third kappa shape index (κ3) is 3.89. The summed E-state index contributed by atoms with van der Waals surface area (Å²) in [5.41, 5.74) is 0.223. The second-order valence-corrected chi connectivity index (χ2v) is 4.83. The van der Waals surface area contributed by atoms with E-state index in [0.717, 1.165) is 6.54 Å². The predicted molar refractivity (Wildman–Crippen MR) is 72.1 cm³/mol. The number of rotatable bonds is 5. The second-order valence-electron chi connectivity index (χ2n) is 4.83. The fraction of sp³-hybridized carbons (Fsp3) is 0.615. The number of esters is 1. The Hall–Kier alpha value is -1.69. The third-order valence-corrected chi connectivity index (χ3v) is 3.15. The van der Waals surface area contributed by atoms with Gasteiger partial charge in [0.2, 0.25) is 0 Å². The molecular weight excluding hydrogens is 244 g/mol. The summed E-state index contributed by atoms with van der Waals surface area (Å²) in [6.45, 7) is 5.41. The number of ether oxygens (including phenoxy) is 1. The van der Waals surface area contributed by atoms with Crippen molar-refractivity contribution in [1.82, 2.24) is 14.9 Å². The molecule has 1 aliphatic heterocycles. The minimum atomic E-state index is -0.469. The Morgan fingerprint density at radius 1 is 1.47 bits per heavy atom. The van der Waals surface area contributed by atoms with Gasteiger partial charge in [-0.05, 0) is 32.9 Å². The third-order valence-electron chi connectivity index (χ3n) is 3.15. The highest BCUT2D eigenvalue weighted by Crippen LogP contribution is 2.10. The number of nitrogens with zero attached hydrogens (tertiary/aromatic N) is 3. The van der Waals surface area contributed by atoms with Crippen LogP contribution in [0.15, 0.2) is 12.4 Å². The highest BCUT2D eigenvalue weighted by Gasteiger charge is 2.15. The molecular formula is C13H20N4O2. The van der Waals surface area contributed by atoms with Crippen molar-refractivity contribution in [3.05, 3.63) is 18.1 Å². The molecule has 0 spiro atoms. The lowest BCUT2D eigenvalue weighted by Crippen LogP contribution is -2.33. The van der Waals surface area contributed by atoms with Gasteiger partial charge in [0, 0.05) is 12.6 Å². The number of likely N-dealkylation sites (tertiary alicyclic amines) is 1. The van der Waals surface area contributed by atoms with Crippen LogP contribution in [0.5, 0.6) is 0 Å². The van der Waals surface area contributed by atoms with Crippen molar-refractivity contribution in [3.8, 4) is 0 Å². The van der Waals surface area contributed by atoms with Crippen molar-refractivity contribution in [2.24, 2.45) is 0 Å². The maximum atomic E-state index is 11.4. The second kappa shape index (κ2) is 6.47. The highest BCUT2D eigenvalue weighted by molar-refractivity contribution is 5.87. The van der Waals surface area contributed by atoms with Gasteiger partial charge in [0.25, 0.3) is 0 Å². The Morgan fingerprint density at radius 2 is 2.21 bits per heavy atom. The number of anilines is 1. The van der Waals surface area contributed by atoms with Gasteiger partial charge in [0.05, 0.1) is 19.5 Å². The van der Waals surface area contributed by atoms with Crippen molar-refractivity contribution in [1.29, 1.82) is 0 Å². The van der Waals surface area contributed by atoms with Gasteiger partial charge in [0.1, 0.15) is 5.82 Å². The zero-order valence-electron chi connectivity index (χ0n) is 11.4. The molecule has 0 bridgehead atoms. The lowest BCUT2D eigenvalue weighted by molar-refractivity contribution is 0.0593. The molecule has 2 rings (SSSR count). The Labute approximate surface area is 113 Å². The summed E-state index contributed by atoms with van der Waals surface area (Å²) in [4.78, 5) is 22.0. The summed E-state index contributed by atoms with van der Waals surface area (Å²) in [6, 6.07) is 0.264. The number of carbonyl (C=O) groups is 1. The first kappa shape index (κ1) is 13.7. The Kier molecular flexibility index (Phi) is 4.68. The average Bonchev–Trinajstić information content (AvgIpc) is 2.90. The van der Waals surface area contributed by atoms with E-state index >= 15 is 0 Å². The largest absolute Gasteiger partial charge is 0.464 e. The maximum Gasteiger partial charge on any atom is 0.358 e. The van der Waals surface area contributed by atoms with Crippen LogP contribution in [0.3, 0.4) is 0 Å². The Morgan fingerprint density at radius 3 is 2.89 bits per heavy atom. The molecule has 1 unspecified atom stereocenters. The van der Waals surface area contributed by atoms with Crippen LogP contribution in [0.25, 0.3) is 0 Å². The molecule has 1 atom stereocenters. The summed E-state index contributed by atoms with van der Waals surface area (Å²) in [5.74, 6) is 0.137. The first-order valence-electron chi connectivity index (χ1n) is 6.58. The van der Waals surface area contributed by atoms with Crippen LogP contribution in [0, 0.1) is 0 Å². The fourth-order valence-corrected chi connectivity index (χ4v) is 2.29. The molecule has 1 fully saturated rings. The summed E-state index contributed by atoms with van der Waals surface area (Å²) in [6.07, 6.45) is 5.59. The molecule has 1 N–H and O–H groups in total. The van der Waals surface area contributed by atoms with E-state index in [2.05, 4.69) is 31.8 Å².